The van der Waals surface area contributed by atoms with Gasteiger partial charge in [0.2, 0.25) is 0 Å². The quantitative estimate of drug-likeness (QED) is 0.0261. The first kappa shape index (κ1) is 66.8. The molecule has 0 aliphatic heterocycles. The maximum Gasteiger partial charge on any atom is 0.306 e. The Labute approximate surface area is 437 Å². The second-order valence-electron chi connectivity index (χ2n) is 18.8. The molecule has 0 fully saturated rings. The molecule has 0 aliphatic rings. The fraction of sp³-hybridized carbons (Fsp3) is 0.646. The van der Waals surface area contributed by atoms with E-state index in [9.17, 15) is 14.4 Å². The van der Waals surface area contributed by atoms with E-state index in [0.29, 0.717) is 12.8 Å². The van der Waals surface area contributed by atoms with E-state index in [0.717, 1.165) is 103 Å². The van der Waals surface area contributed by atoms with E-state index in [1.54, 1.807) is 0 Å². The van der Waals surface area contributed by atoms with E-state index >= 15 is 0 Å². The zero-order valence-electron chi connectivity index (χ0n) is 45.9. The zero-order chi connectivity index (χ0) is 51.4. The van der Waals surface area contributed by atoms with E-state index in [2.05, 4.69) is 136 Å². The summed E-state index contributed by atoms with van der Waals surface area (Å²) >= 11 is 0. The van der Waals surface area contributed by atoms with Gasteiger partial charge >= 0.3 is 17.9 Å². The molecule has 0 unspecified atom stereocenters. The second kappa shape index (κ2) is 58.4. The third kappa shape index (κ3) is 56.6. The van der Waals surface area contributed by atoms with Crippen LogP contribution in [0, 0.1) is 0 Å². The van der Waals surface area contributed by atoms with Gasteiger partial charge in [0, 0.05) is 19.3 Å². The molecule has 71 heavy (non-hydrogen) atoms. The Morgan fingerprint density at radius 3 is 0.986 bits per heavy atom. The van der Waals surface area contributed by atoms with Gasteiger partial charge in [0.1, 0.15) is 13.2 Å². The smallest absolute Gasteiger partial charge is 0.306 e. The molecule has 0 aromatic rings. The van der Waals surface area contributed by atoms with Gasteiger partial charge in [0.05, 0.1) is 0 Å². The maximum absolute atomic E-state index is 12.9. The van der Waals surface area contributed by atoms with Crippen LogP contribution in [-0.2, 0) is 28.6 Å². The highest BCUT2D eigenvalue weighted by atomic mass is 16.6. The minimum absolute atomic E-state index is 0.115. The molecular formula is C65H106O6. The first-order chi connectivity index (χ1) is 35.0. The maximum atomic E-state index is 12.9. The van der Waals surface area contributed by atoms with Crippen molar-refractivity contribution in [3.63, 3.8) is 0 Å². The minimum Gasteiger partial charge on any atom is -0.462 e. The Bertz CT molecular complexity index is 1500. The molecule has 0 aromatic heterocycles. The molecule has 1 atom stereocenters. The van der Waals surface area contributed by atoms with Crippen LogP contribution < -0.4 is 0 Å². The van der Waals surface area contributed by atoms with Gasteiger partial charge in [-0.3, -0.25) is 14.4 Å². The second-order valence-corrected chi connectivity index (χ2v) is 18.8. The molecule has 0 bridgehead atoms. The van der Waals surface area contributed by atoms with Crippen LogP contribution in [0.3, 0.4) is 0 Å². The normalized spacial score (nSPS) is 13.0. The van der Waals surface area contributed by atoms with E-state index in [1.807, 2.05) is 6.08 Å². The predicted molar refractivity (Wildman–Crippen MR) is 306 cm³/mol. The molecule has 0 N–H and O–H groups in total. The molecule has 0 radical (unpaired) electrons. The van der Waals surface area contributed by atoms with E-state index in [1.165, 1.54) is 103 Å². The van der Waals surface area contributed by atoms with Crippen molar-refractivity contribution in [2.24, 2.45) is 0 Å². The predicted octanol–water partition coefficient (Wildman–Crippen LogP) is 19.6. The number of carbonyl (C=O) groups excluding carboxylic acids is 3. The summed E-state index contributed by atoms with van der Waals surface area (Å²) in [6, 6.07) is 0. The third-order valence-electron chi connectivity index (χ3n) is 11.9. The Balaban J connectivity index is 4.56. The summed E-state index contributed by atoms with van der Waals surface area (Å²) in [7, 11) is 0. The zero-order valence-corrected chi connectivity index (χ0v) is 45.9. The largest absolute Gasteiger partial charge is 0.462 e. The van der Waals surface area contributed by atoms with E-state index in [-0.39, 0.29) is 44.0 Å². The molecule has 6 nitrogen and oxygen atoms in total. The summed E-state index contributed by atoms with van der Waals surface area (Å²) in [5.74, 6) is -1.03. The van der Waals surface area contributed by atoms with Gasteiger partial charge in [0.25, 0.3) is 0 Å². The van der Waals surface area contributed by atoms with E-state index in [4.69, 9.17) is 14.2 Å². The van der Waals surface area contributed by atoms with Crippen LogP contribution in [-0.4, -0.2) is 37.2 Å². The summed E-state index contributed by atoms with van der Waals surface area (Å²) in [6.07, 6.45) is 80.5. The van der Waals surface area contributed by atoms with Crippen molar-refractivity contribution in [2.45, 2.75) is 258 Å². The van der Waals surface area contributed by atoms with Crippen molar-refractivity contribution in [1.82, 2.24) is 0 Å². The van der Waals surface area contributed by atoms with Crippen LogP contribution in [0.2, 0.25) is 0 Å². The number of carbonyl (C=O) groups is 3. The summed E-state index contributed by atoms with van der Waals surface area (Å²) in [5.41, 5.74) is 0. The summed E-state index contributed by atoms with van der Waals surface area (Å²) in [5, 5.41) is 0. The molecule has 0 heterocycles. The lowest BCUT2D eigenvalue weighted by Crippen LogP contribution is -2.30. The summed E-state index contributed by atoms with van der Waals surface area (Å²) < 4.78 is 16.8. The fourth-order valence-electron chi connectivity index (χ4n) is 7.59. The number of esters is 3. The Kier molecular flexibility index (Phi) is 54.9. The summed E-state index contributed by atoms with van der Waals surface area (Å²) in [4.78, 5) is 38.2. The highest BCUT2D eigenvalue weighted by Gasteiger charge is 2.19. The molecule has 0 aromatic carbocycles. The number of ether oxygens (including phenoxy) is 3. The van der Waals surface area contributed by atoms with Gasteiger partial charge in [-0.25, -0.2) is 0 Å². The van der Waals surface area contributed by atoms with Crippen molar-refractivity contribution in [3.05, 3.63) is 122 Å². The van der Waals surface area contributed by atoms with Crippen LogP contribution in [0.1, 0.15) is 252 Å². The highest BCUT2D eigenvalue weighted by molar-refractivity contribution is 5.71. The average molecular weight is 984 g/mol. The first-order valence-electron chi connectivity index (χ1n) is 29.0. The highest BCUT2D eigenvalue weighted by Crippen LogP contribution is 2.13. The third-order valence-corrected chi connectivity index (χ3v) is 11.9. The van der Waals surface area contributed by atoms with Gasteiger partial charge in [-0.1, -0.05) is 232 Å². The van der Waals surface area contributed by atoms with Crippen LogP contribution in [0.15, 0.2) is 122 Å². The Hall–Kier alpha value is -4.19. The number of unbranched alkanes of at least 4 members (excludes halogenated alkanes) is 20. The Morgan fingerprint density at radius 1 is 0.296 bits per heavy atom. The lowest BCUT2D eigenvalue weighted by Gasteiger charge is -2.18. The van der Waals surface area contributed by atoms with Crippen LogP contribution >= 0.6 is 0 Å². The first-order valence-corrected chi connectivity index (χ1v) is 29.0. The molecular weight excluding hydrogens is 877 g/mol. The van der Waals surface area contributed by atoms with Gasteiger partial charge in [-0.15, -0.1) is 0 Å². The lowest BCUT2D eigenvalue weighted by molar-refractivity contribution is -0.166. The monoisotopic (exact) mass is 983 g/mol. The molecule has 0 saturated heterocycles. The van der Waals surface area contributed by atoms with Crippen LogP contribution in [0.5, 0.6) is 0 Å². The SMILES string of the molecule is CC/C=C/C/C=C/C/C=C/C/C=C/C/C=C/C/C=C/CCC(=O)OC[C@@H](COC(=O)CCCCCCCCC/C=C/CCCCCCCC)OC(=O)CCCCCC/C=C/C/C=C/C/C=C/CCCCC. The summed E-state index contributed by atoms with van der Waals surface area (Å²) in [6.45, 7) is 6.41. The van der Waals surface area contributed by atoms with Crippen molar-refractivity contribution < 1.29 is 28.6 Å². The molecule has 0 rings (SSSR count). The van der Waals surface area contributed by atoms with E-state index < -0.39 is 6.10 Å². The average Bonchev–Trinajstić information content (AvgIpc) is 3.37. The van der Waals surface area contributed by atoms with Gasteiger partial charge in [0.15, 0.2) is 6.10 Å². The standard InChI is InChI=1S/C65H106O6/c1-4-7-10-13-16-19-22-25-28-31-32-35-37-40-43-46-49-52-55-58-64(67)70-61-62(71-65(68)59-56-53-50-47-44-41-38-34-30-27-24-21-18-15-12-9-6-3)60-69-63(66)57-54-51-48-45-42-39-36-33-29-26-23-20-17-14-11-8-5-2/h7,10,16,18-19,21,25-30,32,35,38,40-41,43,49,52,62H,4-6,8-9,11-15,17,20,22-24,31,33-34,36-37,39,42,44-48,50-51,53-61H2,1-3H3/b10-7+,19-16+,21-18+,28-25+,29-26+,30-27+,35-32+,41-38+,43-40+,52-49+/t62-/m1/s1. The minimum atomic E-state index is -0.826. The van der Waals surface area contributed by atoms with Gasteiger partial charge in [-0.2, -0.15) is 0 Å². The number of allylic oxidation sites excluding steroid dienone is 20. The number of hydrogen-bond donors (Lipinski definition) is 0. The van der Waals surface area contributed by atoms with Crippen LogP contribution in [0.25, 0.3) is 0 Å². The molecule has 0 spiro atoms. The molecule has 402 valence electrons. The van der Waals surface area contributed by atoms with Crippen LogP contribution in [0.4, 0.5) is 0 Å². The van der Waals surface area contributed by atoms with Crippen molar-refractivity contribution in [3.8, 4) is 0 Å². The van der Waals surface area contributed by atoms with Gasteiger partial charge < -0.3 is 14.2 Å². The fourth-order valence-corrected chi connectivity index (χ4v) is 7.59. The molecule has 0 saturated carbocycles. The van der Waals surface area contributed by atoms with Crippen molar-refractivity contribution in [2.75, 3.05) is 13.2 Å². The molecule has 0 aliphatic carbocycles. The molecule has 6 heteroatoms. The van der Waals surface area contributed by atoms with Gasteiger partial charge in [-0.05, 0) is 122 Å². The molecule has 0 amide bonds. The Morgan fingerprint density at radius 2 is 0.577 bits per heavy atom. The van der Waals surface area contributed by atoms with Crippen molar-refractivity contribution >= 4 is 17.9 Å². The topological polar surface area (TPSA) is 78.9 Å². The number of rotatable bonds is 51. The lowest BCUT2D eigenvalue weighted by atomic mass is 10.1. The number of hydrogen-bond acceptors (Lipinski definition) is 6. The van der Waals surface area contributed by atoms with Crippen molar-refractivity contribution in [1.29, 1.82) is 0 Å².